The highest BCUT2D eigenvalue weighted by Crippen LogP contribution is 2.14. The third-order valence-corrected chi connectivity index (χ3v) is 6.39. The number of esters is 1. The molecule has 8 nitrogen and oxygen atoms in total. The molecular formula is C21H24N2O6S. The molecule has 2 aromatic carbocycles. The molecule has 1 unspecified atom stereocenters. The normalized spacial score (nSPS) is 12.0. The van der Waals surface area contributed by atoms with Crippen molar-refractivity contribution >= 4 is 39.0 Å². The number of ether oxygens (including phenoxy) is 1. The van der Waals surface area contributed by atoms with Crippen LogP contribution in [0.15, 0.2) is 48.5 Å². The second-order valence-electron chi connectivity index (χ2n) is 6.61. The summed E-state index contributed by atoms with van der Waals surface area (Å²) in [5, 5.41) is 3.50. The predicted molar refractivity (Wildman–Crippen MR) is 114 cm³/mol. The van der Waals surface area contributed by atoms with E-state index in [4.69, 9.17) is 0 Å². The van der Waals surface area contributed by atoms with Gasteiger partial charge in [0.05, 0.1) is 12.7 Å². The van der Waals surface area contributed by atoms with Crippen LogP contribution in [0.5, 0.6) is 0 Å². The Hall–Kier alpha value is -3.20. The van der Waals surface area contributed by atoms with E-state index in [2.05, 4.69) is 15.4 Å². The second-order valence-corrected chi connectivity index (χ2v) is 8.93. The number of carbonyl (C=O) groups is 3. The van der Waals surface area contributed by atoms with E-state index < -0.39 is 38.6 Å². The van der Waals surface area contributed by atoms with Crippen LogP contribution in [0.3, 0.4) is 0 Å². The van der Waals surface area contributed by atoms with Crippen LogP contribution < -0.4 is 10.6 Å². The minimum Gasteiger partial charge on any atom is -0.465 e. The molecular weight excluding hydrogens is 408 g/mol. The van der Waals surface area contributed by atoms with Gasteiger partial charge in [0.2, 0.25) is 11.8 Å². The van der Waals surface area contributed by atoms with Gasteiger partial charge < -0.3 is 15.4 Å². The number of carbonyl (C=O) groups excluding carboxylic acids is 3. The summed E-state index contributed by atoms with van der Waals surface area (Å²) < 4.78 is 29.6. The van der Waals surface area contributed by atoms with Crippen molar-refractivity contribution in [3.63, 3.8) is 0 Å². The van der Waals surface area contributed by atoms with Crippen LogP contribution in [-0.2, 0) is 30.6 Å². The third kappa shape index (κ3) is 6.15. The molecule has 2 aromatic rings. The highest BCUT2D eigenvalue weighted by molar-refractivity contribution is 7.93. The molecule has 0 aliphatic carbocycles. The van der Waals surface area contributed by atoms with E-state index in [1.54, 1.807) is 12.1 Å². The average Bonchev–Trinajstić information content (AvgIpc) is 2.72. The standard InChI is InChI=1S/C21H24N2O6S/c1-4-15-8-10-17(11-9-15)22-19(24)13-30(27,28)14(2)20(25)23-18-7-5-6-16(12-18)21(26)29-3/h5-12,14H,4,13H2,1-3H3,(H,22,24)(H,23,25). The van der Waals surface area contributed by atoms with E-state index in [-0.39, 0.29) is 11.3 Å². The molecule has 2 rings (SSSR count). The number of sulfone groups is 1. The van der Waals surface area contributed by atoms with Gasteiger partial charge in [-0.3, -0.25) is 9.59 Å². The second kappa shape index (κ2) is 10.0. The van der Waals surface area contributed by atoms with Gasteiger partial charge in [-0.15, -0.1) is 0 Å². The summed E-state index contributed by atoms with van der Waals surface area (Å²) in [6.45, 7) is 3.20. The number of aryl methyl sites for hydroxylation is 1. The number of rotatable bonds is 8. The number of methoxy groups -OCH3 is 1. The van der Waals surface area contributed by atoms with Crippen LogP contribution in [0.1, 0.15) is 29.8 Å². The van der Waals surface area contributed by atoms with E-state index in [1.807, 2.05) is 19.1 Å². The van der Waals surface area contributed by atoms with Crippen molar-refractivity contribution < 1.29 is 27.5 Å². The minimum absolute atomic E-state index is 0.208. The number of hydrogen-bond acceptors (Lipinski definition) is 6. The van der Waals surface area contributed by atoms with Crippen molar-refractivity contribution in [2.45, 2.75) is 25.5 Å². The van der Waals surface area contributed by atoms with Crippen LogP contribution in [-0.4, -0.2) is 44.3 Å². The van der Waals surface area contributed by atoms with Crippen LogP contribution in [0, 0.1) is 0 Å². The van der Waals surface area contributed by atoms with E-state index in [1.165, 1.54) is 38.3 Å². The fourth-order valence-electron chi connectivity index (χ4n) is 2.58. The van der Waals surface area contributed by atoms with E-state index in [0.29, 0.717) is 5.69 Å². The van der Waals surface area contributed by atoms with Crippen molar-refractivity contribution in [2.24, 2.45) is 0 Å². The third-order valence-electron chi connectivity index (χ3n) is 4.44. The van der Waals surface area contributed by atoms with Crippen LogP contribution in [0.25, 0.3) is 0 Å². The van der Waals surface area contributed by atoms with Crippen molar-refractivity contribution in [1.82, 2.24) is 0 Å². The lowest BCUT2D eigenvalue weighted by atomic mass is 10.1. The maximum Gasteiger partial charge on any atom is 0.337 e. The molecule has 2 N–H and O–H groups in total. The Bertz CT molecular complexity index is 1030. The van der Waals surface area contributed by atoms with Gasteiger partial charge in [-0.1, -0.05) is 25.1 Å². The summed E-state index contributed by atoms with van der Waals surface area (Å²) in [7, 11) is -2.83. The number of amides is 2. The Morgan fingerprint density at radius 2 is 1.67 bits per heavy atom. The highest BCUT2D eigenvalue weighted by atomic mass is 32.2. The van der Waals surface area contributed by atoms with Gasteiger partial charge in [0.25, 0.3) is 0 Å². The Kier molecular flexibility index (Phi) is 7.71. The fourth-order valence-corrected chi connectivity index (χ4v) is 3.65. The lowest BCUT2D eigenvalue weighted by Gasteiger charge is -2.14. The maximum absolute atomic E-state index is 12.5. The molecule has 0 fully saturated rings. The van der Waals surface area contributed by atoms with Crippen LogP contribution in [0.2, 0.25) is 0 Å². The van der Waals surface area contributed by atoms with Gasteiger partial charge in [0, 0.05) is 11.4 Å². The summed E-state index contributed by atoms with van der Waals surface area (Å²) in [6, 6.07) is 13.0. The minimum atomic E-state index is -4.06. The zero-order valence-corrected chi connectivity index (χ0v) is 17.8. The van der Waals surface area contributed by atoms with Gasteiger partial charge in [0.1, 0.15) is 11.0 Å². The lowest BCUT2D eigenvalue weighted by molar-refractivity contribution is -0.115. The first kappa shape index (κ1) is 23.1. The average molecular weight is 432 g/mol. The van der Waals surface area contributed by atoms with E-state index >= 15 is 0 Å². The molecule has 160 valence electrons. The maximum atomic E-state index is 12.5. The van der Waals surface area contributed by atoms with Crippen LogP contribution in [0.4, 0.5) is 11.4 Å². The Morgan fingerprint density at radius 1 is 1.00 bits per heavy atom. The number of nitrogens with one attached hydrogen (secondary N) is 2. The van der Waals surface area contributed by atoms with Crippen LogP contribution >= 0.6 is 0 Å². The van der Waals surface area contributed by atoms with Crippen molar-refractivity contribution in [2.75, 3.05) is 23.5 Å². The molecule has 0 saturated heterocycles. The molecule has 9 heteroatoms. The molecule has 1 atom stereocenters. The zero-order chi connectivity index (χ0) is 22.3. The zero-order valence-electron chi connectivity index (χ0n) is 17.0. The molecule has 0 spiro atoms. The lowest BCUT2D eigenvalue weighted by Crippen LogP contribution is -2.37. The molecule has 0 heterocycles. The van der Waals surface area contributed by atoms with Crippen molar-refractivity contribution in [3.8, 4) is 0 Å². The van der Waals surface area contributed by atoms with Gasteiger partial charge in [-0.05, 0) is 49.2 Å². The fraction of sp³-hybridized carbons (Fsp3) is 0.286. The molecule has 0 aliphatic rings. The smallest absolute Gasteiger partial charge is 0.337 e. The molecule has 0 bridgehead atoms. The Labute approximate surface area is 175 Å². The summed E-state index contributed by atoms with van der Waals surface area (Å²) in [6.07, 6.45) is 0.845. The number of anilines is 2. The van der Waals surface area contributed by atoms with E-state index in [9.17, 15) is 22.8 Å². The van der Waals surface area contributed by atoms with Gasteiger partial charge in [0.15, 0.2) is 9.84 Å². The molecule has 30 heavy (non-hydrogen) atoms. The van der Waals surface area contributed by atoms with Gasteiger partial charge in [-0.25, -0.2) is 13.2 Å². The summed E-state index contributed by atoms with van der Waals surface area (Å²) in [5.41, 5.74) is 2.01. The van der Waals surface area contributed by atoms with Gasteiger partial charge in [-0.2, -0.15) is 0 Å². The monoisotopic (exact) mass is 432 g/mol. The topological polar surface area (TPSA) is 119 Å². The Morgan fingerprint density at radius 3 is 2.27 bits per heavy atom. The van der Waals surface area contributed by atoms with Gasteiger partial charge >= 0.3 is 5.97 Å². The van der Waals surface area contributed by atoms with Crippen molar-refractivity contribution in [3.05, 3.63) is 59.7 Å². The first-order valence-corrected chi connectivity index (χ1v) is 11.0. The van der Waals surface area contributed by atoms with E-state index in [0.717, 1.165) is 12.0 Å². The largest absolute Gasteiger partial charge is 0.465 e. The quantitative estimate of drug-likeness (QED) is 0.619. The summed E-state index contributed by atoms with van der Waals surface area (Å²) >= 11 is 0. The molecule has 2 amide bonds. The molecule has 0 aromatic heterocycles. The predicted octanol–water partition coefficient (Wildman–Crippen LogP) is 2.42. The highest BCUT2D eigenvalue weighted by Gasteiger charge is 2.30. The SMILES string of the molecule is CCc1ccc(NC(=O)CS(=O)(=O)C(C)C(=O)Nc2cccc(C(=O)OC)c2)cc1. The van der Waals surface area contributed by atoms with Crippen molar-refractivity contribution in [1.29, 1.82) is 0 Å². The number of benzene rings is 2. The molecule has 0 radical (unpaired) electrons. The molecule has 0 saturated carbocycles. The first-order valence-electron chi connectivity index (χ1n) is 9.26. The number of hydrogen-bond donors (Lipinski definition) is 2. The summed E-state index contributed by atoms with van der Waals surface area (Å²) in [4.78, 5) is 36.1. The first-order chi connectivity index (χ1) is 14.2. The summed E-state index contributed by atoms with van der Waals surface area (Å²) in [5.74, 6) is -2.96. The molecule has 0 aliphatic heterocycles. The Balaban J connectivity index is 2.01.